The van der Waals surface area contributed by atoms with Crippen molar-refractivity contribution in [1.29, 1.82) is 0 Å². The van der Waals surface area contributed by atoms with Gasteiger partial charge in [0.05, 0.1) is 13.7 Å². The SMILES string of the molecule is COC(=O)C(CCN(C)C(=O)c1[nH]cc2c1CN(C(=O)OC(C)(C)C)CC2)O[Si](c1ccccc1)(c1ccccc1)C(C)(C)C. The second kappa shape index (κ2) is 13.6. The highest BCUT2D eigenvalue weighted by atomic mass is 28.4. The molecule has 10 heteroatoms. The molecular weight excluding hydrogens is 586 g/mol. The Morgan fingerprint density at radius 2 is 1.53 bits per heavy atom. The third kappa shape index (κ3) is 7.50. The summed E-state index contributed by atoms with van der Waals surface area (Å²) in [6.45, 7) is 13.0. The Hall–Kier alpha value is -3.89. The van der Waals surface area contributed by atoms with Crippen LogP contribution in [0.15, 0.2) is 66.9 Å². The first-order valence-corrected chi connectivity index (χ1v) is 17.4. The van der Waals surface area contributed by atoms with Crippen LogP contribution in [0, 0.1) is 0 Å². The van der Waals surface area contributed by atoms with Crippen molar-refractivity contribution in [3.63, 3.8) is 0 Å². The van der Waals surface area contributed by atoms with E-state index in [2.05, 4.69) is 50.0 Å². The Morgan fingerprint density at radius 3 is 2.04 bits per heavy atom. The number of methoxy groups -OCH3 is 1. The fourth-order valence-corrected chi connectivity index (χ4v) is 10.6. The Morgan fingerprint density at radius 1 is 0.956 bits per heavy atom. The first-order valence-electron chi connectivity index (χ1n) is 15.5. The molecule has 1 atom stereocenters. The van der Waals surface area contributed by atoms with Gasteiger partial charge in [-0.1, -0.05) is 81.4 Å². The monoisotopic (exact) mass is 633 g/mol. The number of nitrogens with one attached hydrogen (secondary N) is 1. The van der Waals surface area contributed by atoms with Gasteiger partial charge in [0.25, 0.3) is 14.2 Å². The van der Waals surface area contributed by atoms with E-state index in [4.69, 9.17) is 13.9 Å². The van der Waals surface area contributed by atoms with Gasteiger partial charge < -0.3 is 28.7 Å². The summed E-state index contributed by atoms with van der Waals surface area (Å²) in [7, 11) is 0.0124. The highest BCUT2D eigenvalue weighted by molar-refractivity contribution is 6.99. The molecule has 0 spiro atoms. The van der Waals surface area contributed by atoms with Gasteiger partial charge in [0.15, 0.2) is 0 Å². The molecule has 0 saturated heterocycles. The summed E-state index contributed by atoms with van der Waals surface area (Å²) in [5.41, 5.74) is 1.62. The van der Waals surface area contributed by atoms with Gasteiger partial charge in [-0.15, -0.1) is 0 Å². The number of aromatic amines is 1. The zero-order valence-corrected chi connectivity index (χ0v) is 28.8. The smallest absolute Gasteiger partial charge is 0.410 e. The number of carbonyl (C=O) groups excluding carboxylic acids is 3. The molecule has 45 heavy (non-hydrogen) atoms. The molecule has 0 bridgehead atoms. The molecule has 2 amide bonds. The molecule has 3 aromatic rings. The van der Waals surface area contributed by atoms with E-state index in [1.165, 1.54) is 7.11 Å². The molecule has 242 valence electrons. The van der Waals surface area contributed by atoms with E-state index in [1.807, 2.05) is 63.4 Å². The summed E-state index contributed by atoms with van der Waals surface area (Å²) in [5, 5.41) is 1.76. The number of rotatable bonds is 9. The normalized spacial score (nSPS) is 14.4. The van der Waals surface area contributed by atoms with E-state index in [1.54, 1.807) is 16.8 Å². The minimum atomic E-state index is -3.06. The Bertz CT molecular complexity index is 1440. The highest BCUT2D eigenvalue weighted by Gasteiger charge is 2.52. The summed E-state index contributed by atoms with van der Waals surface area (Å²) < 4.78 is 17.9. The molecule has 9 nitrogen and oxygen atoms in total. The third-order valence-electron chi connectivity index (χ3n) is 8.22. The molecule has 2 aromatic carbocycles. The second-order valence-electron chi connectivity index (χ2n) is 13.6. The first-order chi connectivity index (χ1) is 21.2. The summed E-state index contributed by atoms with van der Waals surface area (Å²) in [6.07, 6.45) is 1.40. The predicted molar refractivity (Wildman–Crippen MR) is 177 cm³/mol. The first kappa shape index (κ1) is 34.0. The molecular formula is C35H47N3O6Si. The summed E-state index contributed by atoms with van der Waals surface area (Å²) in [5.74, 6) is -0.703. The van der Waals surface area contributed by atoms with Crippen molar-refractivity contribution in [3.05, 3.63) is 83.7 Å². The predicted octanol–water partition coefficient (Wildman–Crippen LogP) is 4.89. The average Bonchev–Trinajstić information content (AvgIpc) is 3.43. The van der Waals surface area contributed by atoms with Crippen molar-refractivity contribution < 1.29 is 28.3 Å². The van der Waals surface area contributed by atoms with E-state index < -0.39 is 32.1 Å². The van der Waals surface area contributed by atoms with Crippen molar-refractivity contribution in [1.82, 2.24) is 14.8 Å². The number of hydrogen-bond acceptors (Lipinski definition) is 6. The van der Waals surface area contributed by atoms with Crippen LogP contribution < -0.4 is 10.4 Å². The minimum absolute atomic E-state index is 0.226. The van der Waals surface area contributed by atoms with Gasteiger partial charge in [0, 0.05) is 38.3 Å². The molecule has 1 aliphatic heterocycles. The second-order valence-corrected chi connectivity index (χ2v) is 17.9. The summed E-state index contributed by atoms with van der Waals surface area (Å²) >= 11 is 0. The number of benzene rings is 2. The lowest BCUT2D eigenvalue weighted by Crippen LogP contribution is -2.68. The molecule has 1 unspecified atom stereocenters. The fraction of sp³-hybridized carbons (Fsp3) is 0.457. The van der Waals surface area contributed by atoms with Crippen LogP contribution in [0.4, 0.5) is 4.79 Å². The number of H-pyrrole nitrogens is 1. The summed E-state index contributed by atoms with van der Waals surface area (Å²) in [4.78, 5) is 46.2. The standard InChI is InChI=1S/C35H47N3O6Si/c1-34(2,3)43-33(41)38-22-19-25-23-36-30(28(25)24-38)31(39)37(7)21-20-29(32(40)42-8)44-45(35(4,5)6,26-15-11-9-12-16-26)27-17-13-10-14-18-27/h9-18,23,29,36H,19-22,24H2,1-8H3. The van der Waals surface area contributed by atoms with Crippen LogP contribution in [-0.2, 0) is 31.7 Å². The van der Waals surface area contributed by atoms with E-state index in [0.29, 0.717) is 18.7 Å². The van der Waals surface area contributed by atoms with Gasteiger partial charge in [-0.2, -0.15) is 0 Å². The third-order valence-corrected chi connectivity index (χ3v) is 13.3. The number of carbonyl (C=O) groups is 3. The van der Waals surface area contributed by atoms with Gasteiger partial charge >= 0.3 is 12.1 Å². The fourth-order valence-electron chi connectivity index (χ4n) is 5.96. The van der Waals surface area contributed by atoms with Crippen molar-refractivity contribution in [2.24, 2.45) is 0 Å². The topological polar surface area (TPSA) is 101 Å². The molecule has 4 rings (SSSR count). The van der Waals surface area contributed by atoms with Crippen LogP contribution in [0.2, 0.25) is 5.04 Å². The number of amides is 2. The Balaban J connectivity index is 1.57. The van der Waals surface area contributed by atoms with Crippen LogP contribution in [-0.4, -0.2) is 80.0 Å². The van der Waals surface area contributed by atoms with E-state index >= 15 is 0 Å². The Labute approximate surface area is 268 Å². The molecule has 2 heterocycles. The van der Waals surface area contributed by atoms with Gasteiger partial charge in [-0.25, -0.2) is 9.59 Å². The number of fused-ring (bicyclic) bond motifs is 1. The van der Waals surface area contributed by atoms with Crippen LogP contribution in [0.5, 0.6) is 0 Å². The highest BCUT2D eigenvalue weighted by Crippen LogP contribution is 2.38. The maximum Gasteiger partial charge on any atom is 0.410 e. The van der Waals surface area contributed by atoms with Crippen LogP contribution in [0.3, 0.4) is 0 Å². The molecule has 0 fully saturated rings. The molecule has 0 aliphatic carbocycles. The lowest BCUT2D eigenvalue weighted by molar-refractivity contribution is -0.149. The Kier molecular flexibility index (Phi) is 10.3. The number of aromatic nitrogens is 1. The molecule has 1 N–H and O–H groups in total. The molecule has 0 radical (unpaired) electrons. The maximum absolute atomic E-state index is 13.7. The van der Waals surface area contributed by atoms with Crippen molar-refractivity contribution >= 4 is 36.7 Å². The van der Waals surface area contributed by atoms with Crippen LogP contribution in [0.1, 0.15) is 69.6 Å². The maximum atomic E-state index is 13.7. The average molecular weight is 634 g/mol. The summed E-state index contributed by atoms with van der Waals surface area (Å²) in [6, 6.07) is 20.2. The van der Waals surface area contributed by atoms with E-state index in [0.717, 1.165) is 21.5 Å². The van der Waals surface area contributed by atoms with Gasteiger partial charge in [0.1, 0.15) is 17.4 Å². The van der Waals surface area contributed by atoms with E-state index in [-0.39, 0.29) is 30.5 Å². The number of esters is 1. The van der Waals surface area contributed by atoms with Gasteiger partial charge in [-0.3, -0.25) is 4.79 Å². The van der Waals surface area contributed by atoms with Gasteiger partial charge in [-0.05, 0) is 48.2 Å². The zero-order valence-electron chi connectivity index (χ0n) is 27.8. The van der Waals surface area contributed by atoms with Crippen LogP contribution in [0.25, 0.3) is 0 Å². The lowest BCUT2D eigenvalue weighted by atomic mass is 10.0. The largest absolute Gasteiger partial charge is 0.467 e. The number of nitrogens with zero attached hydrogens (tertiary/aromatic N) is 2. The number of hydrogen-bond donors (Lipinski definition) is 1. The van der Waals surface area contributed by atoms with Crippen LogP contribution >= 0.6 is 0 Å². The zero-order chi connectivity index (χ0) is 33.0. The number of ether oxygens (including phenoxy) is 2. The molecule has 1 aliphatic rings. The minimum Gasteiger partial charge on any atom is -0.467 e. The quantitative estimate of drug-likeness (QED) is 0.266. The van der Waals surface area contributed by atoms with Crippen molar-refractivity contribution in [2.75, 3.05) is 27.2 Å². The van der Waals surface area contributed by atoms with E-state index in [9.17, 15) is 14.4 Å². The van der Waals surface area contributed by atoms with Crippen molar-refractivity contribution in [3.8, 4) is 0 Å². The lowest BCUT2D eigenvalue weighted by Gasteiger charge is -2.44. The molecule has 0 saturated carbocycles. The van der Waals surface area contributed by atoms with Gasteiger partial charge in [0.2, 0.25) is 0 Å². The molecule has 1 aromatic heterocycles. The van der Waals surface area contributed by atoms with Crippen molar-refractivity contribution in [2.45, 2.75) is 77.7 Å².